The van der Waals surface area contributed by atoms with Crippen LogP contribution in [0, 0.1) is 0 Å². The summed E-state index contributed by atoms with van der Waals surface area (Å²) in [6.45, 7) is 1.69. The van der Waals surface area contributed by atoms with Gasteiger partial charge in [0.05, 0.1) is 0 Å². The van der Waals surface area contributed by atoms with Crippen molar-refractivity contribution < 1.29 is 9.59 Å². The second-order valence-corrected chi connectivity index (χ2v) is 7.37. The number of H-pyrrole nitrogens is 1. The number of hydrogen-bond donors (Lipinski definition) is 2. The van der Waals surface area contributed by atoms with Gasteiger partial charge in [-0.05, 0) is 29.5 Å². The van der Waals surface area contributed by atoms with Crippen LogP contribution in [0.2, 0.25) is 0 Å². The Kier molecular flexibility index (Phi) is 5.07. The first-order chi connectivity index (χ1) is 13.2. The fraction of sp³-hybridized carbons (Fsp3) is 0.238. The average molecular weight is 379 g/mol. The number of amides is 2. The third-order valence-corrected chi connectivity index (χ3v) is 5.59. The summed E-state index contributed by atoms with van der Waals surface area (Å²) in [4.78, 5) is 29.5. The van der Waals surface area contributed by atoms with Gasteiger partial charge in [-0.3, -0.25) is 9.59 Å². The molecule has 2 amide bonds. The number of thiophene rings is 1. The zero-order chi connectivity index (χ0) is 18.6. The summed E-state index contributed by atoms with van der Waals surface area (Å²) in [5, 5.41) is 7.70. The molecule has 6 heteroatoms. The van der Waals surface area contributed by atoms with Crippen LogP contribution in [-0.4, -0.2) is 41.3 Å². The van der Waals surface area contributed by atoms with Crippen molar-refractivity contribution in [2.75, 3.05) is 19.6 Å². The van der Waals surface area contributed by atoms with E-state index in [0.717, 1.165) is 11.9 Å². The predicted octanol–water partition coefficient (Wildman–Crippen LogP) is 3.67. The number of fused-ring (bicyclic) bond motifs is 1. The second kappa shape index (κ2) is 7.80. The van der Waals surface area contributed by atoms with Crippen molar-refractivity contribution in [2.45, 2.75) is 12.8 Å². The lowest BCUT2D eigenvalue weighted by Gasteiger charge is -2.26. The molecule has 0 fully saturated rings. The zero-order valence-electron chi connectivity index (χ0n) is 14.9. The summed E-state index contributed by atoms with van der Waals surface area (Å²) in [6, 6.07) is 10.0. The lowest BCUT2D eigenvalue weighted by molar-refractivity contribution is -0.130. The van der Waals surface area contributed by atoms with Crippen molar-refractivity contribution in [3.05, 3.63) is 64.5 Å². The molecule has 0 bridgehead atoms. The number of aromatic nitrogens is 1. The number of carbonyl (C=O) groups is 2. The van der Waals surface area contributed by atoms with Crippen LogP contribution in [-0.2, 0) is 4.79 Å². The van der Waals surface area contributed by atoms with Gasteiger partial charge >= 0.3 is 0 Å². The van der Waals surface area contributed by atoms with E-state index in [4.69, 9.17) is 0 Å². The maximum Gasteiger partial charge on any atom is 0.252 e. The Hall–Kier alpha value is -2.86. The number of benzene rings is 1. The summed E-state index contributed by atoms with van der Waals surface area (Å²) in [5.74, 6) is -0.0425. The highest BCUT2D eigenvalue weighted by Crippen LogP contribution is 2.29. The van der Waals surface area contributed by atoms with Crippen molar-refractivity contribution in [3.8, 4) is 0 Å². The summed E-state index contributed by atoms with van der Waals surface area (Å²) in [7, 11) is 0. The van der Waals surface area contributed by atoms with E-state index in [1.54, 1.807) is 11.4 Å². The molecule has 0 radical (unpaired) electrons. The van der Waals surface area contributed by atoms with E-state index in [1.807, 2.05) is 28.6 Å². The fourth-order valence-corrected chi connectivity index (χ4v) is 4.05. The lowest BCUT2D eigenvalue weighted by Crippen LogP contribution is -2.37. The molecule has 2 aromatic heterocycles. The minimum absolute atomic E-state index is 0.0786. The maximum atomic E-state index is 12.4. The topological polar surface area (TPSA) is 65.2 Å². The quantitative estimate of drug-likeness (QED) is 0.710. The highest BCUT2D eigenvalue weighted by atomic mass is 32.1. The van der Waals surface area contributed by atoms with E-state index in [9.17, 15) is 9.59 Å². The van der Waals surface area contributed by atoms with Gasteiger partial charge in [0.1, 0.15) is 0 Å². The Balaban J connectivity index is 1.31. The highest BCUT2D eigenvalue weighted by Gasteiger charge is 2.19. The van der Waals surface area contributed by atoms with Crippen LogP contribution in [0.5, 0.6) is 0 Å². The van der Waals surface area contributed by atoms with Crippen molar-refractivity contribution in [1.29, 1.82) is 0 Å². The molecule has 1 aliphatic rings. The molecule has 4 rings (SSSR count). The molecule has 0 aliphatic carbocycles. The van der Waals surface area contributed by atoms with Crippen LogP contribution in [0.3, 0.4) is 0 Å². The first-order valence-corrected chi connectivity index (χ1v) is 10.0. The molecule has 0 spiro atoms. The Labute approximate surface area is 161 Å². The number of nitrogens with zero attached hydrogens (tertiary/aromatic N) is 1. The van der Waals surface area contributed by atoms with Crippen LogP contribution in [0.1, 0.15) is 28.8 Å². The van der Waals surface area contributed by atoms with Gasteiger partial charge in [-0.15, -0.1) is 0 Å². The van der Waals surface area contributed by atoms with Gasteiger partial charge in [0, 0.05) is 59.7 Å². The van der Waals surface area contributed by atoms with E-state index in [-0.39, 0.29) is 11.8 Å². The standard InChI is InChI=1S/C21H21N3O2S/c25-20(5-9-22-21(26)16-8-12-27-14-16)24-10-6-15(7-11-24)18-13-23-19-4-2-1-3-17(18)19/h1-4,6,8,12-14,23H,5,7,9-11H2,(H,22,26). The molecule has 0 unspecified atom stereocenters. The molecule has 138 valence electrons. The van der Waals surface area contributed by atoms with E-state index >= 15 is 0 Å². The Bertz CT molecular complexity index is 988. The van der Waals surface area contributed by atoms with Crippen LogP contribution >= 0.6 is 11.3 Å². The smallest absolute Gasteiger partial charge is 0.252 e. The Morgan fingerprint density at radius 1 is 1.22 bits per heavy atom. The van der Waals surface area contributed by atoms with Crippen molar-refractivity contribution in [2.24, 2.45) is 0 Å². The average Bonchev–Trinajstić information content (AvgIpc) is 3.38. The number of para-hydroxylation sites is 1. The molecule has 2 N–H and O–H groups in total. The SMILES string of the molecule is O=C(NCCC(=O)N1CC=C(c2c[nH]c3ccccc23)CC1)c1ccsc1. The first-order valence-electron chi connectivity index (χ1n) is 9.06. The monoisotopic (exact) mass is 379 g/mol. The van der Waals surface area contributed by atoms with Gasteiger partial charge in [0.25, 0.3) is 5.91 Å². The third kappa shape index (κ3) is 3.80. The van der Waals surface area contributed by atoms with Crippen molar-refractivity contribution in [1.82, 2.24) is 15.2 Å². The van der Waals surface area contributed by atoms with Crippen LogP contribution in [0.25, 0.3) is 16.5 Å². The van der Waals surface area contributed by atoms with Gasteiger partial charge in [0.15, 0.2) is 0 Å². The molecule has 5 nitrogen and oxygen atoms in total. The van der Waals surface area contributed by atoms with E-state index in [2.05, 4.69) is 28.5 Å². The summed E-state index contributed by atoms with van der Waals surface area (Å²) in [6.07, 6.45) is 5.36. The van der Waals surface area contributed by atoms with Gasteiger partial charge < -0.3 is 15.2 Å². The molecule has 0 saturated heterocycles. The molecule has 1 aliphatic heterocycles. The second-order valence-electron chi connectivity index (χ2n) is 6.58. The van der Waals surface area contributed by atoms with Crippen LogP contribution < -0.4 is 5.32 Å². The summed E-state index contributed by atoms with van der Waals surface area (Å²) in [5.41, 5.74) is 4.29. The largest absolute Gasteiger partial charge is 0.361 e. The van der Waals surface area contributed by atoms with Gasteiger partial charge in [0.2, 0.25) is 5.91 Å². The summed E-state index contributed by atoms with van der Waals surface area (Å²) >= 11 is 1.49. The summed E-state index contributed by atoms with van der Waals surface area (Å²) < 4.78 is 0. The van der Waals surface area contributed by atoms with Crippen molar-refractivity contribution in [3.63, 3.8) is 0 Å². The number of nitrogens with one attached hydrogen (secondary N) is 2. The maximum absolute atomic E-state index is 12.4. The van der Waals surface area contributed by atoms with Gasteiger partial charge in [-0.25, -0.2) is 0 Å². The van der Waals surface area contributed by atoms with Crippen molar-refractivity contribution >= 4 is 39.6 Å². The zero-order valence-corrected chi connectivity index (χ0v) is 15.7. The van der Waals surface area contributed by atoms with E-state index < -0.39 is 0 Å². The normalized spacial score (nSPS) is 14.2. The first kappa shape index (κ1) is 17.5. The molecule has 0 atom stereocenters. The number of hydrogen-bond acceptors (Lipinski definition) is 3. The minimum Gasteiger partial charge on any atom is -0.361 e. The van der Waals surface area contributed by atoms with E-state index in [1.165, 1.54) is 27.9 Å². The molecule has 27 heavy (non-hydrogen) atoms. The molecular weight excluding hydrogens is 358 g/mol. The van der Waals surface area contributed by atoms with E-state index in [0.29, 0.717) is 31.6 Å². The molecular formula is C21H21N3O2S. The highest BCUT2D eigenvalue weighted by molar-refractivity contribution is 7.08. The lowest BCUT2D eigenvalue weighted by atomic mass is 9.99. The number of carbonyl (C=O) groups excluding carboxylic acids is 2. The number of aromatic amines is 1. The molecule has 1 aromatic carbocycles. The Morgan fingerprint density at radius 3 is 2.89 bits per heavy atom. The fourth-order valence-electron chi connectivity index (χ4n) is 3.41. The Morgan fingerprint density at radius 2 is 2.11 bits per heavy atom. The van der Waals surface area contributed by atoms with Crippen LogP contribution in [0.15, 0.2) is 53.4 Å². The third-order valence-electron chi connectivity index (χ3n) is 4.90. The van der Waals surface area contributed by atoms with Gasteiger partial charge in [-0.2, -0.15) is 11.3 Å². The van der Waals surface area contributed by atoms with Crippen LogP contribution in [0.4, 0.5) is 0 Å². The molecule has 0 saturated carbocycles. The number of rotatable bonds is 5. The molecule has 3 aromatic rings. The van der Waals surface area contributed by atoms with Gasteiger partial charge in [-0.1, -0.05) is 24.3 Å². The minimum atomic E-state index is -0.121. The predicted molar refractivity (Wildman–Crippen MR) is 109 cm³/mol. The molecule has 3 heterocycles.